The van der Waals surface area contributed by atoms with Gasteiger partial charge in [-0.2, -0.15) is 5.10 Å². The average molecular weight is 463 g/mol. The van der Waals surface area contributed by atoms with E-state index in [0.717, 1.165) is 56.7 Å². The molecule has 0 unspecified atom stereocenters. The van der Waals surface area contributed by atoms with Crippen LogP contribution in [0.25, 0.3) is 11.6 Å². The van der Waals surface area contributed by atoms with E-state index in [0.29, 0.717) is 34.6 Å². The topological polar surface area (TPSA) is 80.0 Å². The van der Waals surface area contributed by atoms with Gasteiger partial charge in [0.2, 0.25) is 5.89 Å². The number of nitrogens with zero attached hydrogens (tertiary/aromatic N) is 5. The summed E-state index contributed by atoms with van der Waals surface area (Å²) in [7, 11) is 0. The van der Waals surface area contributed by atoms with Gasteiger partial charge in [0.1, 0.15) is 5.82 Å². The summed E-state index contributed by atoms with van der Waals surface area (Å²) in [5.74, 6) is 0.785. The van der Waals surface area contributed by atoms with Crippen LogP contribution in [0.4, 0.5) is 10.1 Å². The summed E-state index contributed by atoms with van der Waals surface area (Å²) in [5, 5.41) is 21.0. The molecule has 0 aliphatic carbocycles. The normalized spacial score (nSPS) is 17.1. The van der Waals surface area contributed by atoms with Crippen molar-refractivity contribution in [2.75, 3.05) is 24.5 Å². The maximum Gasteiger partial charge on any atom is 0.268 e. The predicted molar refractivity (Wildman–Crippen MR) is 116 cm³/mol. The van der Waals surface area contributed by atoms with Gasteiger partial charge in [-0.15, -0.1) is 15.3 Å². The molecule has 2 aliphatic heterocycles. The minimum absolute atomic E-state index is 0.0466. The Bertz CT molecular complexity index is 1100. The monoisotopic (exact) mass is 462 g/mol. The molecule has 5 rings (SSSR count). The second-order valence-electron chi connectivity index (χ2n) is 7.88. The molecule has 2 aromatic heterocycles. The van der Waals surface area contributed by atoms with Gasteiger partial charge in [0.15, 0.2) is 5.69 Å². The van der Waals surface area contributed by atoms with Gasteiger partial charge in [0.25, 0.3) is 5.89 Å². The third-order valence-corrected chi connectivity index (χ3v) is 6.63. The van der Waals surface area contributed by atoms with Crippen LogP contribution < -0.4 is 10.2 Å². The summed E-state index contributed by atoms with van der Waals surface area (Å²) in [5.41, 5.74) is 2.85. The Labute approximate surface area is 189 Å². The van der Waals surface area contributed by atoms with Gasteiger partial charge in [-0.25, -0.2) is 4.39 Å². The fourth-order valence-electron chi connectivity index (χ4n) is 4.16. The quantitative estimate of drug-likeness (QED) is 0.575. The average Bonchev–Trinajstić information content (AvgIpc) is 3.30. The Hall–Kier alpha value is -2.29. The standard InChI is InChI=1S/C21H21Cl2FN6O/c22-14-3-4-15(24)19(23)13(14)11-30-9-1-2-16-18(30)10-17(27-26-16)21-29-28-20(31-21)12-5-7-25-8-6-12/h3-4,10,12,25H,1-2,5-9,11H2. The molecule has 0 atom stereocenters. The second-order valence-corrected chi connectivity index (χ2v) is 8.66. The first-order valence-electron chi connectivity index (χ1n) is 10.4. The Balaban J connectivity index is 1.44. The number of rotatable bonds is 4. The number of benzene rings is 1. The van der Waals surface area contributed by atoms with E-state index in [4.69, 9.17) is 27.6 Å². The van der Waals surface area contributed by atoms with Crippen LogP contribution >= 0.6 is 23.2 Å². The summed E-state index contributed by atoms with van der Waals surface area (Å²) in [4.78, 5) is 2.09. The molecule has 0 saturated carbocycles. The number of piperidine rings is 1. The van der Waals surface area contributed by atoms with Crippen LogP contribution in [0.15, 0.2) is 22.6 Å². The molecule has 1 saturated heterocycles. The highest BCUT2D eigenvalue weighted by atomic mass is 35.5. The Morgan fingerprint density at radius 2 is 1.97 bits per heavy atom. The minimum atomic E-state index is -0.483. The zero-order valence-electron chi connectivity index (χ0n) is 16.7. The molecule has 1 aromatic carbocycles. The van der Waals surface area contributed by atoms with E-state index in [1.54, 1.807) is 0 Å². The highest BCUT2D eigenvalue weighted by Gasteiger charge is 2.25. The Morgan fingerprint density at radius 1 is 1.13 bits per heavy atom. The number of hydrogen-bond acceptors (Lipinski definition) is 7. The van der Waals surface area contributed by atoms with Gasteiger partial charge in [-0.05, 0) is 57.0 Å². The van der Waals surface area contributed by atoms with Crippen LogP contribution in [-0.4, -0.2) is 40.0 Å². The molecule has 0 amide bonds. The van der Waals surface area contributed by atoms with Crippen LogP contribution in [0, 0.1) is 5.82 Å². The van der Waals surface area contributed by atoms with E-state index in [2.05, 4.69) is 30.6 Å². The second kappa shape index (κ2) is 8.68. The zero-order chi connectivity index (χ0) is 21.4. The number of anilines is 1. The molecule has 10 heteroatoms. The molecule has 0 bridgehead atoms. The van der Waals surface area contributed by atoms with Crippen molar-refractivity contribution in [2.45, 2.75) is 38.1 Å². The van der Waals surface area contributed by atoms with Crippen LogP contribution in [0.3, 0.4) is 0 Å². The van der Waals surface area contributed by atoms with Crippen LogP contribution in [-0.2, 0) is 13.0 Å². The van der Waals surface area contributed by atoms with Gasteiger partial charge in [0.05, 0.1) is 16.4 Å². The van der Waals surface area contributed by atoms with Crippen molar-refractivity contribution in [2.24, 2.45) is 0 Å². The van der Waals surface area contributed by atoms with E-state index < -0.39 is 5.82 Å². The fraction of sp³-hybridized carbons (Fsp3) is 0.429. The van der Waals surface area contributed by atoms with Crippen molar-refractivity contribution >= 4 is 28.9 Å². The minimum Gasteiger partial charge on any atom is -0.419 e. The van der Waals surface area contributed by atoms with E-state index in [-0.39, 0.29) is 10.9 Å². The molecule has 1 N–H and O–H groups in total. The van der Waals surface area contributed by atoms with Gasteiger partial charge >= 0.3 is 0 Å². The molecule has 7 nitrogen and oxygen atoms in total. The van der Waals surface area contributed by atoms with Gasteiger partial charge in [-0.3, -0.25) is 0 Å². The van der Waals surface area contributed by atoms with Crippen molar-refractivity contribution in [3.8, 4) is 11.6 Å². The van der Waals surface area contributed by atoms with Gasteiger partial charge in [0, 0.05) is 29.6 Å². The third kappa shape index (κ3) is 4.12. The maximum absolute atomic E-state index is 14.0. The van der Waals surface area contributed by atoms with Crippen LogP contribution in [0.5, 0.6) is 0 Å². The summed E-state index contributed by atoms with van der Waals surface area (Å²) >= 11 is 12.5. The van der Waals surface area contributed by atoms with E-state index in [1.165, 1.54) is 12.1 Å². The molecule has 162 valence electrons. The van der Waals surface area contributed by atoms with Crippen molar-refractivity contribution in [1.29, 1.82) is 0 Å². The summed E-state index contributed by atoms with van der Waals surface area (Å²) in [6.45, 7) is 3.03. The number of aryl methyl sites for hydroxylation is 1. The highest BCUT2D eigenvalue weighted by Crippen LogP contribution is 2.34. The molecule has 31 heavy (non-hydrogen) atoms. The lowest BCUT2D eigenvalue weighted by atomic mass is 9.98. The first-order chi connectivity index (χ1) is 15.1. The summed E-state index contributed by atoms with van der Waals surface area (Å²) in [6, 6.07) is 4.71. The number of halogens is 3. The molecule has 3 aromatic rings. The lowest BCUT2D eigenvalue weighted by Crippen LogP contribution is -2.30. The molecule has 1 fully saturated rings. The highest BCUT2D eigenvalue weighted by molar-refractivity contribution is 6.36. The molecular weight excluding hydrogens is 442 g/mol. The first-order valence-corrected chi connectivity index (χ1v) is 11.1. The molecular formula is C21H21Cl2FN6O. The van der Waals surface area contributed by atoms with Crippen molar-refractivity contribution < 1.29 is 8.81 Å². The number of hydrogen-bond donors (Lipinski definition) is 1. The lowest BCUT2D eigenvalue weighted by molar-refractivity contribution is 0.378. The molecule has 2 aliphatic rings. The number of aromatic nitrogens is 4. The zero-order valence-corrected chi connectivity index (χ0v) is 18.3. The smallest absolute Gasteiger partial charge is 0.268 e. The Kier molecular flexibility index (Phi) is 5.77. The van der Waals surface area contributed by atoms with Crippen LogP contribution in [0.1, 0.15) is 42.3 Å². The van der Waals surface area contributed by atoms with E-state index in [9.17, 15) is 4.39 Å². The van der Waals surface area contributed by atoms with E-state index >= 15 is 0 Å². The van der Waals surface area contributed by atoms with Gasteiger partial charge < -0.3 is 14.6 Å². The Morgan fingerprint density at radius 3 is 2.81 bits per heavy atom. The largest absolute Gasteiger partial charge is 0.419 e. The first kappa shape index (κ1) is 20.6. The maximum atomic E-state index is 14.0. The summed E-state index contributed by atoms with van der Waals surface area (Å²) < 4.78 is 19.9. The summed E-state index contributed by atoms with van der Waals surface area (Å²) in [6.07, 6.45) is 3.67. The SMILES string of the molecule is Fc1ccc(Cl)c(CN2CCCc3nnc(-c4nnc(C5CCNCC5)o4)cc32)c1Cl. The number of nitrogens with one attached hydrogen (secondary N) is 1. The van der Waals surface area contributed by atoms with E-state index in [1.807, 2.05) is 6.07 Å². The van der Waals surface area contributed by atoms with Crippen LogP contribution in [0.2, 0.25) is 10.0 Å². The van der Waals surface area contributed by atoms with Gasteiger partial charge in [-0.1, -0.05) is 23.2 Å². The third-order valence-electron chi connectivity index (χ3n) is 5.87. The predicted octanol–water partition coefficient (Wildman–Crippen LogP) is 4.39. The molecule has 0 radical (unpaired) electrons. The molecule has 4 heterocycles. The van der Waals surface area contributed by atoms with Crippen molar-refractivity contribution in [3.63, 3.8) is 0 Å². The lowest BCUT2D eigenvalue weighted by Gasteiger charge is -2.31. The van der Waals surface area contributed by atoms with Crippen molar-refractivity contribution in [3.05, 3.63) is 51.2 Å². The number of fused-ring (bicyclic) bond motifs is 1. The molecule has 0 spiro atoms. The fourth-order valence-corrected chi connectivity index (χ4v) is 4.65. The van der Waals surface area contributed by atoms with Crippen molar-refractivity contribution in [1.82, 2.24) is 25.7 Å².